The van der Waals surface area contributed by atoms with Crippen molar-refractivity contribution >= 4 is 40.9 Å². The van der Waals surface area contributed by atoms with Crippen LogP contribution in [0.5, 0.6) is 0 Å². The summed E-state index contributed by atoms with van der Waals surface area (Å²) in [5.41, 5.74) is 0.553. The zero-order valence-corrected chi connectivity index (χ0v) is 28.0. The van der Waals surface area contributed by atoms with Gasteiger partial charge in [0.1, 0.15) is 17.8 Å². The third-order valence-corrected chi connectivity index (χ3v) is 9.65. The lowest BCUT2D eigenvalue weighted by Crippen LogP contribution is -2.55. The first-order valence-electron chi connectivity index (χ1n) is 16.4. The summed E-state index contributed by atoms with van der Waals surface area (Å²) in [5.74, 6) is -3.12. The lowest BCUT2D eigenvalue weighted by molar-refractivity contribution is -0.138. The molecule has 0 spiro atoms. The Hall–Kier alpha value is -3.51. The number of nitrogens with zero attached hydrogens (tertiary/aromatic N) is 4. The highest BCUT2D eigenvalue weighted by atomic mass is 35.5. The minimum Gasteiger partial charge on any atom is -0.344 e. The van der Waals surface area contributed by atoms with Gasteiger partial charge in [0, 0.05) is 51.3 Å². The van der Waals surface area contributed by atoms with Gasteiger partial charge in [0.2, 0.25) is 17.7 Å². The molecule has 13 heteroatoms. The molecule has 2 aromatic rings. The Balaban J connectivity index is 1.56. The van der Waals surface area contributed by atoms with Crippen LogP contribution in [-0.4, -0.2) is 88.5 Å². The first-order chi connectivity index (χ1) is 22.0. The van der Waals surface area contributed by atoms with Crippen LogP contribution < -0.4 is 16.0 Å². The van der Waals surface area contributed by atoms with Gasteiger partial charge in [-0.1, -0.05) is 57.2 Å². The molecule has 46 heavy (non-hydrogen) atoms. The molecule has 1 aromatic carbocycles. The minimum atomic E-state index is -0.945. The van der Waals surface area contributed by atoms with Crippen molar-refractivity contribution in [3.05, 3.63) is 46.5 Å². The van der Waals surface area contributed by atoms with Crippen molar-refractivity contribution in [1.29, 1.82) is 0 Å². The number of piperazine rings is 1. The summed E-state index contributed by atoms with van der Waals surface area (Å²) >= 11 is 6.59. The number of aryl methyl sites for hydroxylation is 1. The number of carbonyl (C=O) groups excluding carboxylic acids is 4. The van der Waals surface area contributed by atoms with E-state index in [-0.39, 0.29) is 34.9 Å². The van der Waals surface area contributed by atoms with Crippen LogP contribution in [0.3, 0.4) is 0 Å². The maximum atomic E-state index is 15.9. The molecule has 1 aliphatic heterocycles. The number of amides is 4. The Bertz CT molecular complexity index is 1390. The molecule has 3 N–H and O–H groups in total. The van der Waals surface area contributed by atoms with Gasteiger partial charge < -0.3 is 25.8 Å². The van der Waals surface area contributed by atoms with Crippen molar-refractivity contribution in [3.8, 4) is 0 Å². The summed E-state index contributed by atoms with van der Waals surface area (Å²) < 4.78 is 17.5. The Morgan fingerprint density at radius 1 is 1.00 bits per heavy atom. The van der Waals surface area contributed by atoms with Crippen LogP contribution in [0, 0.1) is 11.7 Å². The molecule has 2 fully saturated rings. The van der Waals surface area contributed by atoms with Crippen molar-refractivity contribution < 1.29 is 23.6 Å². The fourth-order valence-corrected chi connectivity index (χ4v) is 6.67. The van der Waals surface area contributed by atoms with Crippen LogP contribution in [-0.2, 0) is 20.9 Å². The van der Waals surface area contributed by atoms with Crippen LogP contribution in [0.1, 0.15) is 87.7 Å². The summed E-state index contributed by atoms with van der Waals surface area (Å²) in [6.07, 6.45) is 7.24. The van der Waals surface area contributed by atoms with Crippen molar-refractivity contribution in [2.45, 2.75) is 90.3 Å². The predicted molar refractivity (Wildman–Crippen MR) is 175 cm³/mol. The molecule has 252 valence electrons. The lowest BCUT2D eigenvalue weighted by Gasteiger charge is -2.36. The maximum absolute atomic E-state index is 15.9. The summed E-state index contributed by atoms with van der Waals surface area (Å²) in [6.45, 7) is 8.26. The number of anilines is 1. The third-order valence-electron chi connectivity index (χ3n) is 9.27. The number of hydrogen-bond donors (Lipinski definition) is 3. The lowest BCUT2D eigenvalue weighted by atomic mass is 9.90. The molecule has 0 unspecified atom stereocenters. The topological polar surface area (TPSA) is 129 Å². The average Bonchev–Trinajstić information content (AvgIpc) is 3.38. The van der Waals surface area contributed by atoms with Gasteiger partial charge >= 0.3 is 0 Å². The van der Waals surface area contributed by atoms with Gasteiger partial charge in [-0.05, 0) is 50.4 Å². The van der Waals surface area contributed by atoms with E-state index in [1.807, 2.05) is 14.0 Å². The van der Waals surface area contributed by atoms with Crippen molar-refractivity contribution in [2.75, 3.05) is 38.5 Å². The van der Waals surface area contributed by atoms with E-state index in [4.69, 9.17) is 11.6 Å². The molecule has 1 aliphatic carbocycles. The molecular weight excluding hydrogens is 613 g/mol. The Morgan fingerprint density at radius 2 is 1.67 bits per heavy atom. The maximum Gasteiger partial charge on any atom is 0.270 e. The first-order valence-corrected chi connectivity index (χ1v) is 16.8. The summed E-state index contributed by atoms with van der Waals surface area (Å²) in [4.78, 5) is 56.9. The smallest absolute Gasteiger partial charge is 0.270 e. The van der Waals surface area contributed by atoms with E-state index in [9.17, 15) is 19.2 Å². The highest BCUT2D eigenvalue weighted by Gasteiger charge is 2.35. The Kier molecular flexibility index (Phi) is 12.6. The third kappa shape index (κ3) is 8.44. The van der Waals surface area contributed by atoms with E-state index in [1.54, 1.807) is 35.6 Å². The minimum absolute atomic E-state index is 0.120. The van der Waals surface area contributed by atoms with Crippen molar-refractivity contribution in [2.24, 2.45) is 5.92 Å². The normalized spacial score (nSPS) is 18.3. The van der Waals surface area contributed by atoms with Crippen LogP contribution in [0.4, 0.5) is 10.1 Å². The summed E-state index contributed by atoms with van der Waals surface area (Å²) in [5, 5.41) is 12.3. The standard InChI is InChI=1S/C33H47ClFN7O4/c1-5-26(43)38-29(33(46)41-19-17-40(4)18-20-41)21(3)23-13-14-24(28(35)27(23)34)37-32(45)30(22-11-9-7-8-10-12-22)39-31(44)25-15-16-36-42(25)6-2/h13-16,21-22,29-30H,5-12,17-20H2,1-4H3,(H,37,45)(H,38,43)(H,39,44)/t21-,29+,30-/m0/s1. The number of carbonyl (C=O) groups is 4. The highest BCUT2D eigenvalue weighted by molar-refractivity contribution is 6.32. The van der Waals surface area contributed by atoms with Gasteiger partial charge in [-0.15, -0.1) is 0 Å². The molecule has 0 bridgehead atoms. The van der Waals surface area contributed by atoms with E-state index in [0.29, 0.717) is 44.0 Å². The second-order valence-corrected chi connectivity index (χ2v) is 12.7. The first kappa shape index (κ1) is 35.3. The number of rotatable bonds is 11. The van der Waals surface area contributed by atoms with Gasteiger partial charge in [0.25, 0.3) is 5.91 Å². The number of nitrogens with one attached hydrogen (secondary N) is 3. The summed E-state index contributed by atoms with van der Waals surface area (Å²) in [7, 11) is 1.98. The zero-order chi connectivity index (χ0) is 33.4. The van der Waals surface area contributed by atoms with Gasteiger partial charge in [-0.3, -0.25) is 23.9 Å². The largest absolute Gasteiger partial charge is 0.344 e. The highest BCUT2D eigenvalue weighted by Crippen LogP contribution is 2.34. The van der Waals surface area contributed by atoms with Gasteiger partial charge in [-0.25, -0.2) is 4.39 Å². The predicted octanol–water partition coefficient (Wildman–Crippen LogP) is 4.18. The van der Waals surface area contributed by atoms with E-state index in [1.165, 1.54) is 12.3 Å². The number of likely N-dealkylation sites (N-methyl/N-ethyl adjacent to an activating group) is 1. The number of halogens is 2. The molecule has 2 heterocycles. The molecule has 1 saturated carbocycles. The fraction of sp³-hybridized carbons (Fsp3) is 0.606. The molecule has 11 nitrogen and oxygen atoms in total. The van der Waals surface area contributed by atoms with Crippen LogP contribution in [0.15, 0.2) is 24.4 Å². The van der Waals surface area contributed by atoms with Crippen LogP contribution in [0.2, 0.25) is 5.02 Å². The molecule has 2 aliphatic rings. The van der Waals surface area contributed by atoms with Gasteiger partial charge in [0.05, 0.1) is 10.7 Å². The molecule has 1 aromatic heterocycles. The SMILES string of the molecule is CCC(=O)N[C@@H](C(=O)N1CCN(C)CC1)[C@@H](C)c1ccc(NC(=O)[C@@H](NC(=O)c2ccnn2CC)C2CCCCCC2)c(F)c1Cl. The van der Waals surface area contributed by atoms with E-state index >= 15 is 4.39 Å². The van der Waals surface area contributed by atoms with Crippen molar-refractivity contribution in [3.63, 3.8) is 0 Å². The van der Waals surface area contributed by atoms with Crippen LogP contribution >= 0.6 is 11.6 Å². The average molecular weight is 660 g/mol. The number of benzene rings is 1. The quantitative estimate of drug-likeness (QED) is 0.311. The molecule has 1 saturated heterocycles. The van der Waals surface area contributed by atoms with E-state index in [2.05, 4.69) is 25.9 Å². The Morgan fingerprint density at radius 3 is 2.30 bits per heavy atom. The number of hydrogen-bond acceptors (Lipinski definition) is 6. The zero-order valence-electron chi connectivity index (χ0n) is 27.3. The van der Waals surface area contributed by atoms with Crippen molar-refractivity contribution in [1.82, 2.24) is 30.2 Å². The fourth-order valence-electron chi connectivity index (χ4n) is 6.34. The molecular formula is C33H47ClFN7O4. The molecule has 4 rings (SSSR count). The van der Waals surface area contributed by atoms with E-state index in [0.717, 1.165) is 38.5 Å². The molecule has 0 radical (unpaired) electrons. The second-order valence-electron chi connectivity index (χ2n) is 12.4. The monoisotopic (exact) mass is 659 g/mol. The van der Waals surface area contributed by atoms with Gasteiger partial charge in [-0.2, -0.15) is 5.10 Å². The van der Waals surface area contributed by atoms with E-state index < -0.39 is 35.6 Å². The second kappa shape index (κ2) is 16.4. The molecule has 4 amide bonds. The van der Waals surface area contributed by atoms with Gasteiger partial charge in [0.15, 0.2) is 5.82 Å². The van der Waals surface area contributed by atoms with Crippen LogP contribution in [0.25, 0.3) is 0 Å². The Labute approximate surface area is 275 Å². The summed E-state index contributed by atoms with van der Waals surface area (Å²) in [6, 6.07) is 2.76. The number of aromatic nitrogens is 2. The molecule has 3 atom stereocenters.